The molecule has 0 bridgehead atoms. The molecule has 2 rings (SSSR count). The molecule has 0 aliphatic carbocycles. The summed E-state index contributed by atoms with van der Waals surface area (Å²) < 4.78 is 13.5. The van der Waals surface area contributed by atoms with Crippen molar-refractivity contribution in [2.24, 2.45) is 5.73 Å². The van der Waals surface area contributed by atoms with Crippen molar-refractivity contribution >= 4 is 29.3 Å². The number of unbranched alkanes of at least 4 members (excludes halogenated alkanes) is 4. The number of nitrogens with two attached hydrogens (primary N) is 1. The first-order valence-electron chi connectivity index (χ1n) is 11.6. The van der Waals surface area contributed by atoms with Crippen LogP contribution in [0.4, 0.5) is 4.39 Å². The lowest BCUT2D eigenvalue weighted by Gasteiger charge is -2.21. The molecule has 3 amide bonds. The summed E-state index contributed by atoms with van der Waals surface area (Å²) >= 11 is 0. The molecule has 1 aliphatic heterocycles. The quantitative estimate of drug-likeness (QED) is 0.317. The summed E-state index contributed by atoms with van der Waals surface area (Å²) in [5.41, 5.74) is 6.61. The van der Waals surface area contributed by atoms with E-state index in [1.165, 1.54) is 0 Å². The zero-order valence-electron chi connectivity index (χ0n) is 19.5. The van der Waals surface area contributed by atoms with Gasteiger partial charge in [0.15, 0.2) is 11.6 Å². The first-order valence-corrected chi connectivity index (χ1v) is 11.6. The summed E-state index contributed by atoms with van der Waals surface area (Å²) in [6.45, 7) is 2.20. The monoisotopic (exact) mass is 473 g/mol. The third-order valence-electron chi connectivity index (χ3n) is 5.56. The third kappa shape index (κ3) is 8.88. The summed E-state index contributed by atoms with van der Waals surface area (Å²) in [5, 5.41) is 2.63. The van der Waals surface area contributed by atoms with Gasteiger partial charge < -0.3 is 16.0 Å². The summed E-state index contributed by atoms with van der Waals surface area (Å²) in [7, 11) is 0. The molecule has 1 atom stereocenters. The topological polar surface area (TPSA) is 127 Å². The van der Waals surface area contributed by atoms with E-state index in [-0.39, 0.29) is 37.5 Å². The Hall–Kier alpha value is -3.36. The fourth-order valence-electron chi connectivity index (χ4n) is 3.62. The number of amides is 3. The van der Waals surface area contributed by atoms with Crippen molar-refractivity contribution in [1.29, 1.82) is 0 Å². The number of rotatable bonds is 14. The van der Waals surface area contributed by atoms with E-state index in [0.717, 1.165) is 43.2 Å². The number of ketones is 2. The Bertz CT molecular complexity index is 942. The Morgan fingerprint density at radius 1 is 1.06 bits per heavy atom. The number of nitrogens with zero attached hydrogens (tertiary/aromatic N) is 1. The first kappa shape index (κ1) is 26.9. The zero-order valence-corrected chi connectivity index (χ0v) is 19.5. The molecule has 1 aromatic carbocycles. The number of benzene rings is 1. The number of hydrogen-bond acceptors (Lipinski definition) is 5. The average molecular weight is 474 g/mol. The highest BCUT2D eigenvalue weighted by atomic mass is 19.1. The van der Waals surface area contributed by atoms with E-state index in [2.05, 4.69) is 12.2 Å². The van der Waals surface area contributed by atoms with E-state index in [0.29, 0.717) is 11.1 Å². The normalized spacial score (nSPS) is 14.5. The molecular weight excluding hydrogens is 441 g/mol. The number of halogens is 1. The SMILES string of the molecule is CCCCCCCC(=O)N[C@H](CC(N)=O)C(=O)Cc1ccc(CN2C=C(F)C(=O)CC2=O)cc1. The molecule has 1 aromatic rings. The summed E-state index contributed by atoms with van der Waals surface area (Å²) in [6.07, 6.45) is 5.33. The van der Waals surface area contributed by atoms with Gasteiger partial charge in [-0.1, -0.05) is 56.9 Å². The van der Waals surface area contributed by atoms with Crippen LogP contribution < -0.4 is 11.1 Å². The van der Waals surface area contributed by atoms with E-state index >= 15 is 0 Å². The van der Waals surface area contributed by atoms with Gasteiger partial charge in [-0.05, 0) is 17.5 Å². The van der Waals surface area contributed by atoms with Gasteiger partial charge in [0.05, 0.1) is 25.4 Å². The lowest BCUT2D eigenvalue weighted by molar-refractivity contribution is -0.135. The van der Waals surface area contributed by atoms with Crippen LogP contribution in [0.25, 0.3) is 0 Å². The molecule has 184 valence electrons. The van der Waals surface area contributed by atoms with E-state index in [1.54, 1.807) is 24.3 Å². The molecule has 0 fully saturated rings. The van der Waals surface area contributed by atoms with Crippen molar-refractivity contribution in [3.8, 4) is 0 Å². The van der Waals surface area contributed by atoms with Crippen LogP contribution in [0.3, 0.4) is 0 Å². The lowest BCUT2D eigenvalue weighted by Crippen LogP contribution is -2.44. The molecule has 9 heteroatoms. The second-order valence-corrected chi connectivity index (χ2v) is 8.51. The first-order chi connectivity index (χ1) is 16.2. The molecule has 8 nitrogen and oxygen atoms in total. The number of hydrogen-bond donors (Lipinski definition) is 2. The molecule has 34 heavy (non-hydrogen) atoms. The van der Waals surface area contributed by atoms with Gasteiger partial charge in [0.2, 0.25) is 23.5 Å². The van der Waals surface area contributed by atoms with Crippen molar-refractivity contribution in [2.75, 3.05) is 0 Å². The van der Waals surface area contributed by atoms with Crippen LogP contribution in [0.1, 0.15) is 69.4 Å². The lowest BCUT2D eigenvalue weighted by atomic mass is 9.99. The van der Waals surface area contributed by atoms with Gasteiger partial charge in [0, 0.05) is 19.0 Å². The standard InChI is InChI=1S/C25H32FN3O5/c1-2-3-4-5-6-7-24(33)28-20(13-23(27)32)22(31)12-17-8-10-18(11-9-17)15-29-16-19(26)21(30)14-25(29)34/h8-11,16,20H,2-7,12-15H2,1H3,(H2,27,32)(H,28,33)/t20-/m1/s1. The molecule has 0 saturated heterocycles. The maximum Gasteiger partial charge on any atom is 0.234 e. The predicted molar refractivity (Wildman–Crippen MR) is 124 cm³/mol. The Labute approximate surface area is 198 Å². The molecule has 0 unspecified atom stereocenters. The highest BCUT2D eigenvalue weighted by Gasteiger charge is 2.26. The summed E-state index contributed by atoms with van der Waals surface area (Å²) in [6, 6.07) is 5.76. The van der Waals surface area contributed by atoms with Crippen LogP contribution in [-0.2, 0) is 36.9 Å². The van der Waals surface area contributed by atoms with Gasteiger partial charge >= 0.3 is 0 Å². The number of Topliss-reactive ketones (excluding diaryl/α,β-unsaturated/α-hetero) is 2. The molecule has 0 saturated carbocycles. The Morgan fingerprint density at radius 2 is 1.71 bits per heavy atom. The van der Waals surface area contributed by atoms with Gasteiger partial charge in [-0.15, -0.1) is 0 Å². The second kappa shape index (κ2) is 13.4. The van der Waals surface area contributed by atoms with Gasteiger partial charge in [-0.25, -0.2) is 4.39 Å². The van der Waals surface area contributed by atoms with E-state index < -0.39 is 35.9 Å². The largest absolute Gasteiger partial charge is 0.370 e. The highest BCUT2D eigenvalue weighted by Crippen LogP contribution is 2.17. The van der Waals surface area contributed by atoms with E-state index in [1.807, 2.05) is 0 Å². The van der Waals surface area contributed by atoms with Crippen LogP contribution in [0.15, 0.2) is 36.3 Å². The number of carbonyl (C=O) groups excluding carboxylic acids is 5. The van der Waals surface area contributed by atoms with Crippen molar-refractivity contribution in [1.82, 2.24) is 10.2 Å². The maximum atomic E-state index is 13.5. The molecule has 0 spiro atoms. The van der Waals surface area contributed by atoms with Gasteiger partial charge in [-0.3, -0.25) is 24.0 Å². The number of allylic oxidation sites excluding steroid dienone is 1. The number of carbonyl (C=O) groups is 5. The van der Waals surface area contributed by atoms with E-state index in [4.69, 9.17) is 5.73 Å². The average Bonchev–Trinajstić information content (AvgIpc) is 2.78. The van der Waals surface area contributed by atoms with Gasteiger partial charge in [0.25, 0.3) is 0 Å². The highest BCUT2D eigenvalue weighted by molar-refractivity contribution is 6.08. The van der Waals surface area contributed by atoms with E-state index in [9.17, 15) is 28.4 Å². The number of nitrogens with one attached hydrogen (secondary N) is 1. The Kier molecular flexibility index (Phi) is 10.6. The molecule has 0 aromatic heterocycles. The molecule has 1 heterocycles. The smallest absolute Gasteiger partial charge is 0.234 e. The van der Waals surface area contributed by atoms with Crippen LogP contribution in [0, 0.1) is 0 Å². The Balaban J connectivity index is 1.93. The van der Waals surface area contributed by atoms with Crippen molar-refractivity contribution < 1.29 is 28.4 Å². The minimum absolute atomic E-state index is 0.0132. The number of primary amides is 1. The minimum atomic E-state index is -0.989. The Morgan fingerprint density at radius 3 is 2.35 bits per heavy atom. The van der Waals surface area contributed by atoms with Gasteiger partial charge in [-0.2, -0.15) is 0 Å². The summed E-state index contributed by atoms with van der Waals surface area (Å²) in [5.74, 6) is -3.56. The molecule has 3 N–H and O–H groups in total. The van der Waals surface area contributed by atoms with Crippen molar-refractivity contribution in [3.05, 3.63) is 47.4 Å². The maximum absolute atomic E-state index is 13.5. The van der Waals surface area contributed by atoms with Crippen molar-refractivity contribution in [2.45, 2.75) is 77.3 Å². The summed E-state index contributed by atoms with van der Waals surface area (Å²) in [4.78, 5) is 60.7. The zero-order chi connectivity index (χ0) is 25.1. The third-order valence-corrected chi connectivity index (χ3v) is 5.56. The molecule has 1 aliphatic rings. The van der Waals surface area contributed by atoms with Crippen LogP contribution >= 0.6 is 0 Å². The van der Waals surface area contributed by atoms with Crippen LogP contribution in [0.2, 0.25) is 0 Å². The van der Waals surface area contributed by atoms with Crippen LogP contribution in [0.5, 0.6) is 0 Å². The van der Waals surface area contributed by atoms with Crippen molar-refractivity contribution in [3.63, 3.8) is 0 Å². The van der Waals surface area contributed by atoms with Gasteiger partial charge in [0.1, 0.15) is 0 Å². The molecular formula is C25H32FN3O5. The fourth-order valence-corrected chi connectivity index (χ4v) is 3.62. The second-order valence-electron chi connectivity index (χ2n) is 8.51. The van der Waals surface area contributed by atoms with Crippen LogP contribution in [-0.4, -0.2) is 40.2 Å². The molecule has 0 radical (unpaired) electrons. The fraction of sp³-hybridized carbons (Fsp3) is 0.480. The minimum Gasteiger partial charge on any atom is -0.370 e. The predicted octanol–water partition coefficient (Wildman–Crippen LogP) is 2.63.